The Hall–Kier alpha value is -6.42. The Morgan fingerprint density at radius 1 is 0.380 bits per heavy atom. The van der Waals surface area contributed by atoms with Gasteiger partial charge in [-0.25, -0.2) is 9.97 Å². The van der Waals surface area contributed by atoms with Crippen LogP contribution in [0.5, 0.6) is 23.0 Å². The Balaban J connectivity index is 0.902. The number of ether oxygens (including phenoxy) is 6. The summed E-state index contributed by atoms with van der Waals surface area (Å²) < 4.78 is 37.8. The van der Waals surface area contributed by atoms with Crippen molar-refractivity contribution in [2.45, 2.75) is 83.3 Å². The molecule has 8 aliphatic rings. The second-order valence-electron chi connectivity index (χ2n) is 25.8. The molecule has 0 aliphatic carbocycles. The number of aliphatic hydroxyl groups is 8. The molecule has 3 aromatic heterocycles. The molecule has 0 saturated carbocycles. The van der Waals surface area contributed by atoms with E-state index in [1.165, 1.54) is 0 Å². The van der Waals surface area contributed by atoms with Gasteiger partial charge in [-0.2, -0.15) is 0 Å². The molecule has 10 N–H and O–H groups in total. The Kier molecular flexibility index (Phi) is 21.1. The number of aromatic nitrogens is 4. The van der Waals surface area contributed by atoms with Crippen molar-refractivity contribution in [1.29, 1.82) is 0 Å². The standard InChI is InChI=1S/C62H54B20N4O14/c87-25-45-51(89)53(91)55(93)57(99-45)97-35-11-3-7-31(23-35)49-41-17-13-37(83-41)47(29-5-1-9-33(21-29)95-27-61-59(63-61)65-69-73-77-81-79-75-71-67-61)38-14-18-42(84-38)50(32-8-4-12-36(24-32)98-58-56(94)54(92)52(90)46(26-88)100-58)44-20-16-40(86-44)48(39-15-19-43(49)85-39)30-6-2-10-34(22-30)96-28-62-60(64-62)66-70-74-78-82-80-76-72-68-62/h1-24,45-46,51-60,83,86-94H,25-28H2/t45-,46-,51-,52-,53+,54+,55+,56+,57-,58-,59?,60?,61?,62?/m1/s1. The van der Waals surface area contributed by atoms with E-state index in [1.807, 2.05) is 180 Å². The summed E-state index contributed by atoms with van der Waals surface area (Å²) in [6, 6.07) is 38.2. The summed E-state index contributed by atoms with van der Waals surface area (Å²) in [5, 5.41) is 84.7. The molecular formula is C62H54B20N4O14. The van der Waals surface area contributed by atoms with Gasteiger partial charge < -0.3 is 79.2 Å². The van der Waals surface area contributed by atoms with E-state index in [0.29, 0.717) is 91.8 Å². The van der Waals surface area contributed by atoms with Crippen LogP contribution < -0.4 is 18.9 Å². The highest BCUT2D eigenvalue weighted by atomic mass is 16.7. The van der Waals surface area contributed by atoms with Crippen LogP contribution >= 0.6 is 0 Å². The molecule has 4 unspecified atom stereocenters. The number of aliphatic hydroxyl groups excluding tert-OH is 8. The summed E-state index contributed by atoms with van der Waals surface area (Å²) in [7, 11) is 41.5. The van der Waals surface area contributed by atoms with Gasteiger partial charge in [-0.3, -0.25) is 0 Å². The minimum absolute atomic E-state index is 0.172. The van der Waals surface area contributed by atoms with Gasteiger partial charge in [0.05, 0.1) is 63.5 Å². The van der Waals surface area contributed by atoms with Crippen molar-refractivity contribution in [3.05, 3.63) is 144 Å². The fourth-order valence-corrected chi connectivity index (χ4v) is 13.6. The zero-order valence-electron chi connectivity index (χ0n) is 54.1. The predicted octanol–water partition coefficient (Wildman–Crippen LogP) is -1.06. The number of benzene rings is 4. The molecular weight excluding hydrogens is 1240 g/mol. The number of hydrogen-bond donors (Lipinski definition) is 10. The molecule has 7 aromatic rings. The van der Waals surface area contributed by atoms with Crippen LogP contribution in [-0.2, 0) is 9.47 Å². The topological polar surface area (TPSA) is 275 Å². The molecule has 8 bridgehead atoms. The van der Waals surface area contributed by atoms with E-state index in [-0.39, 0.29) is 33.4 Å². The van der Waals surface area contributed by atoms with Crippen molar-refractivity contribution < 1.29 is 69.3 Å². The lowest BCUT2D eigenvalue weighted by Crippen LogP contribution is -2.60. The molecule has 15 rings (SSSR count). The summed E-state index contributed by atoms with van der Waals surface area (Å²) in [5.41, 5.74) is 10.9. The number of fused-ring (bicyclic) bond motifs is 10. The van der Waals surface area contributed by atoms with Gasteiger partial charge in [0.2, 0.25) is 12.6 Å². The number of nitrogens with one attached hydrogen (secondary N) is 2. The lowest BCUT2D eigenvalue weighted by molar-refractivity contribution is -0.277. The number of H-pyrrole nitrogens is 2. The summed E-state index contributed by atoms with van der Waals surface area (Å²) in [6.45, 7) is -0.489. The van der Waals surface area contributed by atoms with Crippen molar-refractivity contribution in [1.82, 2.24) is 19.9 Å². The number of aromatic amines is 2. The average molecular weight is 1300 g/mol. The first-order valence-electron chi connectivity index (χ1n) is 33.4. The lowest BCUT2D eigenvalue weighted by atomic mass is 8.89. The van der Waals surface area contributed by atoms with Gasteiger partial charge in [-0.15, -0.1) is 11.4 Å². The van der Waals surface area contributed by atoms with Crippen LogP contribution in [0.4, 0.5) is 0 Å². The van der Waals surface area contributed by atoms with Crippen LogP contribution in [0, 0.1) is 0 Å². The second-order valence-corrected chi connectivity index (χ2v) is 25.8. The van der Waals surface area contributed by atoms with Gasteiger partial charge in [-0.05, 0) is 119 Å². The summed E-state index contributed by atoms with van der Waals surface area (Å²) in [5.74, 6) is 1.78. The molecule has 4 aromatic carbocycles. The maximum absolute atomic E-state index is 11.1. The van der Waals surface area contributed by atoms with Crippen LogP contribution in [0.15, 0.2) is 121 Å². The first-order valence-corrected chi connectivity index (χ1v) is 33.4. The van der Waals surface area contributed by atoms with E-state index >= 15 is 0 Å². The van der Waals surface area contributed by atoms with Crippen LogP contribution in [-0.4, -0.2) is 291 Å². The Bertz CT molecular complexity index is 4090. The molecule has 20 radical (unpaired) electrons. The van der Waals surface area contributed by atoms with Gasteiger partial charge in [0, 0.05) is 158 Å². The van der Waals surface area contributed by atoms with Crippen LogP contribution in [0.3, 0.4) is 0 Å². The zero-order valence-corrected chi connectivity index (χ0v) is 54.1. The van der Waals surface area contributed by atoms with E-state index in [1.54, 1.807) is 36.4 Å². The molecule has 6 saturated heterocycles. The van der Waals surface area contributed by atoms with Crippen LogP contribution in [0.2, 0.25) is 21.9 Å². The van der Waals surface area contributed by atoms with Gasteiger partial charge in [0.25, 0.3) is 0 Å². The minimum atomic E-state index is -1.66. The second kappa shape index (κ2) is 30.5. The van der Waals surface area contributed by atoms with Gasteiger partial charge in [0.15, 0.2) is 0 Å². The fourth-order valence-electron chi connectivity index (χ4n) is 13.6. The first-order chi connectivity index (χ1) is 48.8. The SMILES string of the molecule is OC[C@H]1O[C@@H](Oc2cccc(-c3c4nc(c(-c5cccc(OCC67[B][B][B][B][B][B][B][B][B]C6[B]7)c5)c5ccc([nH]5)c(-c5cccc(O[C@@H]6O[C@H](CO)[C@@H](O)[C@H](O)[C@@H]6O)c5)c5nc(c(-c6cccc(OCC78[B][B][B][B][B][B][B][B][B]C7[B]8)c6)c6ccc3[nH]6)C=C5)C=C4)c2)[C@@H](O)[C@@H](O)[C@@H]1O. The lowest BCUT2D eigenvalue weighted by Gasteiger charge is -2.39. The van der Waals surface area contributed by atoms with Gasteiger partial charge in [0.1, 0.15) is 86.4 Å². The summed E-state index contributed by atoms with van der Waals surface area (Å²) in [6.07, 6.45) is -7.27. The molecule has 100 heavy (non-hydrogen) atoms. The van der Waals surface area contributed by atoms with Crippen molar-refractivity contribution >= 4 is 188 Å². The first kappa shape index (κ1) is 69.3. The largest absolute Gasteiger partial charge is 0.495 e. The monoisotopic (exact) mass is 1300 g/mol. The summed E-state index contributed by atoms with van der Waals surface area (Å²) in [4.78, 5) is 18.7. The average Bonchev–Trinajstić information content (AvgIpc) is 1.60. The Morgan fingerprint density at radius 2 is 0.700 bits per heavy atom. The third kappa shape index (κ3) is 14.8. The maximum atomic E-state index is 11.1. The Morgan fingerprint density at radius 3 is 1.05 bits per heavy atom. The maximum Gasteiger partial charge on any atom is 0.229 e. The number of hydrogen-bond acceptors (Lipinski definition) is 16. The highest BCUT2D eigenvalue weighted by Gasteiger charge is 2.54. The predicted molar refractivity (Wildman–Crippen MR) is 408 cm³/mol. The minimum Gasteiger partial charge on any atom is -0.495 e. The fraction of sp³-hybridized carbons (Fsp3) is 0.290. The van der Waals surface area contributed by atoms with E-state index < -0.39 is 74.6 Å². The van der Waals surface area contributed by atoms with E-state index in [0.717, 1.165) is 22.3 Å². The normalized spacial score (nSPS) is 27.7. The molecule has 14 atom stereocenters. The third-order valence-electron chi connectivity index (χ3n) is 19.2. The van der Waals surface area contributed by atoms with Crippen molar-refractivity contribution in [2.75, 3.05) is 26.4 Å². The van der Waals surface area contributed by atoms with Crippen LogP contribution in [0.1, 0.15) is 22.8 Å². The van der Waals surface area contributed by atoms with Crippen molar-refractivity contribution in [3.8, 4) is 67.5 Å². The molecule has 6 fully saturated rings. The van der Waals surface area contributed by atoms with E-state index in [4.69, 9.17) is 38.4 Å². The molecule has 8 aliphatic heterocycles. The van der Waals surface area contributed by atoms with Gasteiger partial charge >= 0.3 is 0 Å². The zero-order chi connectivity index (χ0) is 68.5. The van der Waals surface area contributed by atoms with Crippen LogP contribution in [0.25, 0.3) is 90.9 Å². The highest BCUT2D eigenvalue weighted by molar-refractivity contribution is 7.69. The third-order valence-corrected chi connectivity index (χ3v) is 19.2. The molecule has 11 heterocycles. The van der Waals surface area contributed by atoms with Crippen molar-refractivity contribution in [2.24, 2.45) is 0 Å². The Labute approximate surface area is 595 Å². The van der Waals surface area contributed by atoms with Crippen molar-refractivity contribution in [3.63, 3.8) is 0 Å². The highest BCUT2D eigenvalue weighted by Crippen LogP contribution is 2.56. The van der Waals surface area contributed by atoms with E-state index in [2.05, 4.69) is 81.5 Å². The smallest absolute Gasteiger partial charge is 0.229 e. The molecule has 38 heteroatoms. The molecule has 18 nitrogen and oxygen atoms in total. The van der Waals surface area contributed by atoms with Gasteiger partial charge in [-0.1, -0.05) is 59.0 Å². The number of nitrogens with zero attached hydrogens (tertiary/aromatic N) is 2. The molecule has 0 spiro atoms. The van der Waals surface area contributed by atoms with E-state index in [9.17, 15) is 40.9 Å². The number of rotatable bonds is 16. The summed E-state index contributed by atoms with van der Waals surface area (Å²) >= 11 is 0. The molecule has 466 valence electrons. The molecule has 0 amide bonds. The quantitative estimate of drug-likeness (QED) is 0.0517.